The normalized spacial score (nSPS) is 13.5. The lowest BCUT2D eigenvalue weighted by molar-refractivity contribution is -0.0476. The Labute approximate surface area is 108 Å². The van der Waals surface area contributed by atoms with Crippen molar-refractivity contribution < 1.29 is 43.2 Å². The lowest BCUT2D eigenvalue weighted by Crippen LogP contribution is -2.45. The smallest absolute Gasteiger partial charge is 0.351 e. The van der Waals surface area contributed by atoms with Crippen LogP contribution in [0, 0.1) is 0 Å². The Kier molecular flexibility index (Phi) is 5.56. The van der Waals surface area contributed by atoms with Crippen molar-refractivity contribution in [1.29, 1.82) is 0 Å². The van der Waals surface area contributed by atoms with Crippen molar-refractivity contribution in [2.45, 2.75) is 11.0 Å². The van der Waals surface area contributed by atoms with E-state index in [4.69, 9.17) is 0 Å². The lowest BCUT2D eigenvalue weighted by Gasteiger charge is -2.11. The number of hydrogen-bond donors (Lipinski definition) is 2. The van der Waals surface area contributed by atoms with Crippen molar-refractivity contribution >= 4 is 20.0 Å². The third-order valence-electron chi connectivity index (χ3n) is 1.23. The van der Waals surface area contributed by atoms with Crippen molar-refractivity contribution in [3.8, 4) is 0 Å². The summed E-state index contributed by atoms with van der Waals surface area (Å²) in [4.78, 5) is 6.42. The van der Waals surface area contributed by atoms with E-state index in [-0.39, 0.29) is 0 Å². The zero-order valence-corrected chi connectivity index (χ0v) is 10.5. The molecule has 1 rings (SSSR count). The van der Waals surface area contributed by atoms with Gasteiger partial charge in [0, 0.05) is 12.4 Å². The predicted octanol–water partition coefficient (Wildman–Crippen LogP) is 0.685. The molecule has 15 heteroatoms. The van der Waals surface area contributed by atoms with Gasteiger partial charge in [-0.3, -0.25) is 0 Å². The molecule has 0 aliphatic carbocycles. The summed E-state index contributed by atoms with van der Waals surface area (Å²) in [7, 11) is -13.2. The van der Waals surface area contributed by atoms with Gasteiger partial charge in [-0.2, -0.15) is 26.3 Å². The maximum Gasteiger partial charge on any atom is 0.512 e. The summed E-state index contributed by atoms with van der Waals surface area (Å²) in [6.45, 7) is 0. The van der Waals surface area contributed by atoms with Gasteiger partial charge in [0.25, 0.3) is 0 Å². The summed E-state index contributed by atoms with van der Waals surface area (Å²) in [5, 5.41) is 0. The number of rotatable bonds is 2. The third kappa shape index (κ3) is 5.33. The fraction of sp³-hybridized carbons (Fsp3) is 0.400. The average molecular weight is 349 g/mol. The maximum atomic E-state index is 11.5. The summed E-state index contributed by atoms with van der Waals surface area (Å²) in [6, 6.07) is 0. The summed E-state index contributed by atoms with van der Waals surface area (Å²) in [5.74, 6) is 0. The number of H-pyrrole nitrogens is 1. The van der Waals surface area contributed by atoms with E-state index in [1.54, 1.807) is 18.7 Å². The number of aromatic nitrogens is 2. The monoisotopic (exact) mass is 349 g/mol. The van der Waals surface area contributed by atoms with Gasteiger partial charge in [-0.15, -0.1) is 0 Å². The number of nitrogens with zero attached hydrogens (tertiary/aromatic N) is 1. The minimum Gasteiger partial charge on any atom is -0.351 e. The Bertz CT molecular complexity index is 543. The molecule has 20 heavy (non-hydrogen) atoms. The lowest BCUT2D eigenvalue weighted by atomic mass is 11.0. The van der Waals surface area contributed by atoms with Crippen LogP contribution in [0.2, 0.25) is 0 Å². The summed E-state index contributed by atoms with van der Waals surface area (Å²) >= 11 is 0. The Hall–Kier alpha value is -1.35. The SMILES string of the molecule is O=S(=O)(NS(=O)(=O)C(F)(F)F)C(F)(F)F.c1c[nH]cn1. The first-order valence-corrected chi connectivity index (χ1v) is 7.01. The van der Waals surface area contributed by atoms with Gasteiger partial charge >= 0.3 is 31.1 Å². The highest BCUT2D eigenvalue weighted by atomic mass is 32.3. The van der Waals surface area contributed by atoms with Crippen LogP contribution in [-0.4, -0.2) is 37.8 Å². The van der Waals surface area contributed by atoms with Crippen molar-refractivity contribution in [2.75, 3.05) is 0 Å². The molecule has 0 radical (unpaired) electrons. The first-order chi connectivity index (χ1) is 8.71. The molecule has 0 aliphatic rings. The van der Waals surface area contributed by atoms with Crippen LogP contribution in [0.1, 0.15) is 0 Å². The van der Waals surface area contributed by atoms with E-state index in [9.17, 15) is 43.2 Å². The van der Waals surface area contributed by atoms with E-state index in [1.807, 2.05) is 0 Å². The zero-order chi connectivity index (χ0) is 16.2. The molecule has 1 aromatic rings. The van der Waals surface area contributed by atoms with Crippen LogP contribution in [0.3, 0.4) is 0 Å². The molecule has 0 fully saturated rings. The molecular formula is C5H5F6N3O4S2. The van der Waals surface area contributed by atoms with Gasteiger partial charge in [-0.1, -0.05) is 4.13 Å². The molecule has 118 valence electrons. The first kappa shape index (κ1) is 18.7. The van der Waals surface area contributed by atoms with Gasteiger partial charge < -0.3 is 4.98 Å². The largest absolute Gasteiger partial charge is 0.512 e. The van der Waals surface area contributed by atoms with E-state index in [0.717, 1.165) is 0 Å². The average Bonchev–Trinajstić information content (AvgIpc) is 2.68. The second kappa shape index (κ2) is 5.96. The van der Waals surface area contributed by atoms with Crippen LogP contribution in [-0.2, 0) is 20.0 Å². The van der Waals surface area contributed by atoms with Crippen molar-refractivity contribution in [1.82, 2.24) is 14.1 Å². The van der Waals surface area contributed by atoms with Gasteiger partial charge in [0.2, 0.25) is 0 Å². The summed E-state index contributed by atoms with van der Waals surface area (Å²) in [5.41, 5.74) is -12.3. The molecule has 0 atom stereocenters. The minimum atomic E-state index is -6.60. The maximum absolute atomic E-state index is 11.5. The second-order valence-electron chi connectivity index (χ2n) is 2.74. The minimum absolute atomic E-state index is 0.493. The number of aromatic amines is 1. The third-order valence-corrected chi connectivity index (χ3v) is 4.21. The molecule has 7 nitrogen and oxygen atoms in total. The molecule has 0 saturated carbocycles. The molecule has 0 amide bonds. The second-order valence-corrected chi connectivity index (χ2v) is 6.35. The molecule has 2 N–H and O–H groups in total. The quantitative estimate of drug-likeness (QED) is 0.764. The van der Waals surface area contributed by atoms with Crippen LogP contribution in [0.4, 0.5) is 26.3 Å². The number of hydrogen-bond acceptors (Lipinski definition) is 5. The highest BCUT2D eigenvalue weighted by molar-refractivity contribution is 8.05. The fourth-order valence-electron chi connectivity index (χ4n) is 0.454. The number of halogens is 6. The van der Waals surface area contributed by atoms with Crippen molar-refractivity contribution in [2.24, 2.45) is 0 Å². The number of sulfonamides is 2. The number of nitrogens with one attached hydrogen (secondary N) is 2. The molecular weight excluding hydrogens is 344 g/mol. The zero-order valence-electron chi connectivity index (χ0n) is 8.90. The van der Waals surface area contributed by atoms with Crippen LogP contribution in [0.5, 0.6) is 0 Å². The topological polar surface area (TPSA) is 109 Å². The van der Waals surface area contributed by atoms with Crippen molar-refractivity contribution in [3.63, 3.8) is 0 Å². The first-order valence-electron chi connectivity index (χ1n) is 4.04. The van der Waals surface area contributed by atoms with Gasteiger partial charge in [-0.05, 0) is 0 Å². The number of imidazole rings is 1. The highest BCUT2D eigenvalue weighted by Gasteiger charge is 2.55. The predicted molar refractivity (Wildman–Crippen MR) is 51.7 cm³/mol. The molecule has 1 aromatic heterocycles. The molecule has 1 heterocycles. The molecule has 0 bridgehead atoms. The van der Waals surface area contributed by atoms with Crippen LogP contribution in [0.15, 0.2) is 18.7 Å². The van der Waals surface area contributed by atoms with E-state index >= 15 is 0 Å². The molecule has 0 unspecified atom stereocenters. The van der Waals surface area contributed by atoms with Crippen LogP contribution >= 0.6 is 0 Å². The Morgan fingerprint density at radius 2 is 1.30 bits per heavy atom. The fourth-order valence-corrected chi connectivity index (χ4v) is 2.37. The van der Waals surface area contributed by atoms with Gasteiger partial charge in [0.15, 0.2) is 0 Å². The van der Waals surface area contributed by atoms with E-state index in [2.05, 4.69) is 9.97 Å². The molecule has 0 aliphatic heterocycles. The molecule has 0 aromatic carbocycles. The Morgan fingerprint density at radius 1 is 0.900 bits per heavy atom. The van der Waals surface area contributed by atoms with E-state index in [1.165, 1.54) is 0 Å². The summed E-state index contributed by atoms with van der Waals surface area (Å²) in [6.07, 6.45) is 5.08. The van der Waals surface area contributed by atoms with E-state index in [0.29, 0.717) is 0 Å². The molecule has 0 spiro atoms. The highest BCUT2D eigenvalue weighted by Crippen LogP contribution is 2.27. The Morgan fingerprint density at radius 3 is 1.45 bits per heavy atom. The summed E-state index contributed by atoms with van der Waals surface area (Å²) < 4.78 is 108. The van der Waals surface area contributed by atoms with E-state index < -0.39 is 35.2 Å². The van der Waals surface area contributed by atoms with Crippen molar-refractivity contribution in [3.05, 3.63) is 18.7 Å². The Balaban J connectivity index is 0.000000595. The number of alkyl halides is 6. The van der Waals surface area contributed by atoms with Gasteiger partial charge in [-0.25, -0.2) is 21.8 Å². The van der Waals surface area contributed by atoms with Gasteiger partial charge in [0.05, 0.1) is 6.33 Å². The van der Waals surface area contributed by atoms with Gasteiger partial charge in [0.1, 0.15) is 0 Å². The van der Waals surface area contributed by atoms with Crippen LogP contribution in [0.25, 0.3) is 0 Å². The van der Waals surface area contributed by atoms with Crippen LogP contribution < -0.4 is 4.13 Å². The molecule has 0 saturated heterocycles. The standard InChI is InChI=1S/C3H4N2.C2HF6NO4S2/c1-2-5-3-4-1;3-1(4,5)14(10,11)9-15(12,13)2(6,7)8/h1-3H,(H,4,5);9H.